The number of thiophene rings is 1. The lowest BCUT2D eigenvalue weighted by Crippen LogP contribution is -2.23. The monoisotopic (exact) mass is 349 g/mol. The third-order valence-electron chi connectivity index (χ3n) is 2.56. The van der Waals surface area contributed by atoms with E-state index in [0.717, 1.165) is 29.5 Å². The van der Waals surface area contributed by atoms with Gasteiger partial charge in [-0.3, -0.25) is 0 Å². The summed E-state index contributed by atoms with van der Waals surface area (Å²) in [6, 6.07) is 5.94. The molecule has 2 N–H and O–H groups in total. The van der Waals surface area contributed by atoms with E-state index in [-0.39, 0.29) is 21.9 Å². The molecule has 1 aromatic carbocycles. The maximum absolute atomic E-state index is 13.6. The van der Waals surface area contributed by atoms with Gasteiger partial charge in [-0.25, -0.2) is 22.3 Å². The lowest BCUT2D eigenvalue weighted by molar-refractivity contribution is 0.0696. The predicted octanol–water partition coefficient (Wildman–Crippen LogP) is 2.72. The molecule has 0 fully saturated rings. The third-order valence-corrected chi connectivity index (χ3v) is 5.68. The van der Waals surface area contributed by atoms with E-state index in [4.69, 9.17) is 16.7 Å². The molecule has 0 unspecified atom stereocenters. The molecule has 0 spiro atoms. The van der Waals surface area contributed by atoms with Crippen LogP contribution in [0.4, 0.5) is 4.39 Å². The first-order chi connectivity index (χ1) is 9.79. The molecule has 9 heteroatoms. The van der Waals surface area contributed by atoms with E-state index in [1.807, 2.05) is 0 Å². The standard InChI is InChI=1S/C12H9ClFNO4S2/c13-10-3-4-11(20-10)21(18,19)15-6-8-5-7(12(16)17)1-2-9(8)14/h1-5,15H,6H2,(H,16,17). The van der Waals surface area contributed by atoms with Crippen LogP contribution in [0.5, 0.6) is 0 Å². The molecule has 0 saturated carbocycles. The highest BCUT2D eigenvalue weighted by atomic mass is 35.5. The topological polar surface area (TPSA) is 83.5 Å². The predicted molar refractivity (Wildman–Crippen MR) is 76.7 cm³/mol. The molecule has 0 saturated heterocycles. The zero-order valence-electron chi connectivity index (χ0n) is 10.3. The second kappa shape index (κ2) is 6.10. The molecule has 0 aliphatic rings. The SMILES string of the molecule is O=C(O)c1ccc(F)c(CNS(=O)(=O)c2ccc(Cl)s2)c1. The highest BCUT2D eigenvalue weighted by molar-refractivity contribution is 7.91. The Bertz CT molecular complexity index is 788. The zero-order chi connectivity index (χ0) is 15.6. The summed E-state index contributed by atoms with van der Waals surface area (Å²) in [6.45, 7) is -0.356. The molecular weight excluding hydrogens is 341 g/mol. The molecule has 21 heavy (non-hydrogen) atoms. The van der Waals surface area contributed by atoms with E-state index in [2.05, 4.69) is 4.72 Å². The van der Waals surface area contributed by atoms with E-state index in [9.17, 15) is 17.6 Å². The summed E-state index contributed by atoms with van der Waals surface area (Å²) in [5.74, 6) is -1.91. The Morgan fingerprint density at radius 1 is 1.33 bits per heavy atom. The first-order valence-electron chi connectivity index (χ1n) is 5.56. The Balaban J connectivity index is 2.20. The number of nitrogens with one attached hydrogen (secondary N) is 1. The van der Waals surface area contributed by atoms with Gasteiger partial charge in [0.15, 0.2) is 0 Å². The number of carboxylic acid groups (broad SMARTS) is 1. The van der Waals surface area contributed by atoms with Gasteiger partial charge in [-0.1, -0.05) is 11.6 Å². The van der Waals surface area contributed by atoms with Gasteiger partial charge in [0.25, 0.3) is 0 Å². The maximum atomic E-state index is 13.6. The van der Waals surface area contributed by atoms with E-state index in [1.165, 1.54) is 12.1 Å². The van der Waals surface area contributed by atoms with Gasteiger partial charge in [-0.15, -0.1) is 11.3 Å². The summed E-state index contributed by atoms with van der Waals surface area (Å²) in [5.41, 5.74) is -0.175. The first kappa shape index (κ1) is 15.9. The van der Waals surface area contributed by atoms with Crippen molar-refractivity contribution in [1.29, 1.82) is 0 Å². The number of carboxylic acids is 1. The number of benzene rings is 1. The Kier molecular flexibility index (Phi) is 4.62. The van der Waals surface area contributed by atoms with Crippen LogP contribution in [0.2, 0.25) is 4.34 Å². The fraction of sp³-hybridized carbons (Fsp3) is 0.0833. The second-order valence-corrected chi connectivity index (χ2v) is 7.70. The Hall–Kier alpha value is -1.48. The van der Waals surface area contributed by atoms with Gasteiger partial charge in [0.05, 0.1) is 9.90 Å². The van der Waals surface area contributed by atoms with Gasteiger partial charge in [0.1, 0.15) is 10.0 Å². The highest BCUT2D eigenvalue weighted by Crippen LogP contribution is 2.25. The number of hydrogen-bond donors (Lipinski definition) is 2. The van der Waals surface area contributed by atoms with Crippen molar-refractivity contribution in [3.63, 3.8) is 0 Å². The van der Waals surface area contributed by atoms with Crippen LogP contribution in [0.15, 0.2) is 34.5 Å². The van der Waals surface area contributed by atoms with Crippen LogP contribution >= 0.6 is 22.9 Å². The number of sulfonamides is 1. The van der Waals surface area contributed by atoms with Crippen molar-refractivity contribution in [3.8, 4) is 0 Å². The van der Waals surface area contributed by atoms with Gasteiger partial charge in [-0.2, -0.15) is 0 Å². The first-order valence-corrected chi connectivity index (χ1v) is 8.24. The summed E-state index contributed by atoms with van der Waals surface area (Å²) in [5, 5.41) is 8.83. The largest absolute Gasteiger partial charge is 0.478 e. The summed E-state index contributed by atoms with van der Waals surface area (Å²) in [7, 11) is -3.82. The number of rotatable bonds is 5. The van der Waals surface area contributed by atoms with Crippen LogP contribution in [0.25, 0.3) is 0 Å². The molecule has 2 aromatic rings. The second-order valence-electron chi connectivity index (χ2n) is 3.99. The van der Waals surface area contributed by atoms with Crippen molar-refractivity contribution in [1.82, 2.24) is 4.72 Å². The molecule has 0 radical (unpaired) electrons. The van der Waals surface area contributed by atoms with Gasteiger partial charge < -0.3 is 5.11 Å². The quantitative estimate of drug-likeness (QED) is 0.869. The molecular formula is C12H9ClFNO4S2. The Morgan fingerprint density at radius 2 is 2.05 bits per heavy atom. The third kappa shape index (κ3) is 3.79. The van der Waals surface area contributed by atoms with Crippen LogP contribution in [-0.4, -0.2) is 19.5 Å². The Morgan fingerprint density at radius 3 is 2.62 bits per heavy atom. The lowest BCUT2D eigenvalue weighted by Gasteiger charge is -2.07. The van der Waals surface area contributed by atoms with E-state index in [1.54, 1.807) is 0 Å². The molecule has 0 aliphatic heterocycles. The van der Waals surface area contributed by atoms with Crippen LogP contribution in [0.1, 0.15) is 15.9 Å². The van der Waals surface area contributed by atoms with E-state index >= 15 is 0 Å². The molecule has 1 aromatic heterocycles. The Labute approximate surface area is 129 Å². The minimum atomic E-state index is -3.82. The van der Waals surface area contributed by atoms with Gasteiger partial charge in [0, 0.05) is 12.1 Å². The fourth-order valence-electron chi connectivity index (χ4n) is 1.53. The number of halogens is 2. The summed E-state index contributed by atoms with van der Waals surface area (Å²) >= 11 is 6.53. The normalized spacial score (nSPS) is 11.5. The van der Waals surface area contributed by atoms with Crippen molar-refractivity contribution < 1.29 is 22.7 Å². The summed E-state index contributed by atoms with van der Waals surface area (Å²) in [6.07, 6.45) is 0. The number of carbonyl (C=O) groups is 1. The number of aromatic carboxylic acids is 1. The molecule has 2 rings (SSSR count). The van der Waals surface area contributed by atoms with Crippen LogP contribution < -0.4 is 4.72 Å². The van der Waals surface area contributed by atoms with E-state index in [0.29, 0.717) is 4.34 Å². The molecule has 0 atom stereocenters. The van der Waals surface area contributed by atoms with Crippen LogP contribution in [-0.2, 0) is 16.6 Å². The van der Waals surface area contributed by atoms with Gasteiger partial charge in [0.2, 0.25) is 10.0 Å². The molecule has 0 bridgehead atoms. The number of hydrogen-bond acceptors (Lipinski definition) is 4. The smallest absolute Gasteiger partial charge is 0.335 e. The molecule has 112 valence electrons. The minimum absolute atomic E-state index is 0.00213. The molecule has 1 heterocycles. The average Bonchev–Trinajstić information content (AvgIpc) is 2.85. The highest BCUT2D eigenvalue weighted by Gasteiger charge is 2.17. The van der Waals surface area contributed by atoms with Crippen molar-refractivity contribution >= 4 is 38.9 Å². The zero-order valence-corrected chi connectivity index (χ0v) is 12.7. The van der Waals surface area contributed by atoms with Crippen LogP contribution in [0, 0.1) is 5.82 Å². The van der Waals surface area contributed by atoms with Crippen molar-refractivity contribution in [2.45, 2.75) is 10.8 Å². The van der Waals surface area contributed by atoms with E-state index < -0.39 is 21.8 Å². The fourth-order valence-corrected chi connectivity index (χ4v) is 4.06. The average molecular weight is 350 g/mol. The van der Waals surface area contributed by atoms with Crippen molar-refractivity contribution in [3.05, 3.63) is 51.6 Å². The minimum Gasteiger partial charge on any atom is -0.478 e. The molecule has 0 amide bonds. The van der Waals surface area contributed by atoms with Gasteiger partial charge in [-0.05, 0) is 30.3 Å². The summed E-state index contributed by atoms with van der Waals surface area (Å²) in [4.78, 5) is 10.8. The van der Waals surface area contributed by atoms with Crippen molar-refractivity contribution in [2.24, 2.45) is 0 Å². The molecule has 0 aliphatic carbocycles. The lowest BCUT2D eigenvalue weighted by atomic mass is 10.1. The molecule has 5 nitrogen and oxygen atoms in total. The van der Waals surface area contributed by atoms with Crippen LogP contribution in [0.3, 0.4) is 0 Å². The maximum Gasteiger partial charge on any atom is 0.335 e. The summed E-state index contributed by atoms with van der Waals surface area (Å²) < 4.78 is 40.0. The van der Waals surface area contributed by atoms with Crippen molar-refractivity contribution in [2.75, 3.05) is 0 Å². The van der Waals surface area contributed by atoms with Gasteiger partial charge >= 0.3 is 5.97 Å².